The molecular formula is C15H20N2O2S. The van der Waals surface area contributed by atoms with E-state index in [1.165, 1.54) is 19.3 Å². The molecule has 1 aliphatic rings. The number of hydrogen-bond donors (Lipinski definition) is 0. The first-order valence-electron chi connectivity index (χ1n) is 7.25. The van der Waals surface area contributed by atoms with Crippen LogP contribution < -0.4 is 0 Å². The van der Waals surface area contributed by atoms with Crippen molar-refractivity contribution in [3.63, 3.8) is 0 Å². The molecule has 0 unspecified atom stereocenters. The summed E-state index contributed by atoms with van der Waals surface area (Å²) in [7, 11) is -3.06. The van der Waals surface area contributed by atoms with Crippen molar-refractivity contribution in [1.29, 1.82) is 0 Å². The predicted octanol–water partition coefficient (Wildman–Crippen LogP) is 2.83. The van der Waals surface area contributed by atoms with Crippen LogP contribution in [-0.4, -0.2) is 23.6 Å². The molecule has 108 valence electrons. The quantitative estimate of drug-likeness (QED) is 0.870. The van der Waals surface area contributed by atoms with Gasteiger partial charge < -0.3 is 4.40 Å². The summed E-state index contributed by atoms with van der Waals surface area (Å²) in [5.41, 5.74) is 1.45. The van der Waals surface area contributed by atoms with Crippen molar-refractivity contribution in [2.24, 2.45) is 5.92 Å². The summed E-state index contributed by atoms with van der Waals surface area (Å²) in [6.45, 7) is 0. The molecule has 20 heavy (non-hydrogen) atoms. The SMILES string of the molecule is O=S(=O)(Cc1cn2ccccc2n1)CC1CCCCC1. The third-order valence-electron chi connectivity index (χ3n) is 4.00. The molecular weight excluding hydrogens is 272 g/mol. The van der Waals surface area contributed by atoms with Gasteiger partial charge in [0.05, 0.1) is 17.2 Å². The van der Waals surface area contributed by atoms with Gasteiger partial charge in [-0.15, -0.1) is 0 Å². The van der Waals surface area contributed by atoms with Gasteiger partial charge in [-0.1, -0.05) is 25.3 Å². The Kier molecular flexibility index (Phi) is 3.78. The van der Waals surface area contributed by atoms with Gasteiger partial charge >= 0.3 is 0 Å². The molecule has 2 aromatic rings. The summed E-state index contributed by atoms with van der Waals surface area (Å²) < 4.78 is 26.5. The second-order valence-corrected chi connectivity index (χ2v) is 7.87. The number of pyridine rings is 1. The second-order valence-electron chi connectivity index (χ2n) is 5.76. The molecule has 0 amide bonds. The lowest BCUT2D eigenvalue weighted by atomic mass is 9.91. The largest absolute Gasteiger partial charge is 0.307 e. The molecule has 3 rings (SSSR count). The lowest BCUT2D eigenvalue weighted by Crippen LogP contribution is -2.20. The molecule has 0 saturated heterocycles. The maximum absolute atomic E-state index is 12.3. The Bertz CT molecular complexity index is 652. The van der Waals surface area contributed by atoms with E-state index in [0.717, 1.165) is 18.5 Å². The number of nitrogens with zero attached hydrogens (tertiary/aromatic N) is 2. The zero-order chi connectivity index (χ0) is 14.0. The summed E-state index contributed by atoms with van der Waals surface area (Å²) in [4.78, 5) is 4.37. The van der Waals surface area contributed by atoms with Crippen molar-refractivity contribution < 1.29 is 8.42 Å². The lowest BCUT2D eigenvalue weighted by Gasteiger charge is -2.20. The molecule has 0 spiro atoms. The van der Waals surface area contributed by atoms with E-state index in [2.05, 4.69) is 4.98 Å². The molecule has 2 aromatic heterocycles. The van der Waals surface area contributed by atoms with Crippen molar-refractivity contribution >= 4 is 15.5 Å². The molecule has 0 N–H and O–H groups in total. The summed E-state index contributed by atoms with van der Waals surface area (Å²) >= 11 is 0. The topological polar surface area (TPSA) is 51.4 Å². The van der Waals surface area contributed by atoms with Crippen molar-refractivity contribution in [2.45, 2.75) is 37.9 Å². The predicted molar refractivity (Wildman–Crippen MR) is 79.3 cm³/mol. The fourth-order valence-corrected chi connectivity index (χ4v) is 4.81. The molecule has 0 bridgehead atoms. The average molecular weight is 292 g/mol. The van der Waals surface area contributed by atoms with Crippen LogP contribution in [0.15, 0.2) is 30.6 Å². The minimum absolute atomic E-state index is 0.0607. The zero-order valence-electron chi connectivity index (χ0n) is 11.5. The van der Waals surface area contributed by atoms with Gasteiger partial charge in [0.1, 0.15) is 5.65 Å². The van der Waals surface area contributed by atoms with Gasteiger partial charge in [0.2, 0.25) is 0 Å². The van der Waals surface area contributed by atoms with E-state index in [1.54, 1.807) is 0 Å². The van der Waals surface area contributed by atoms with Crippen LogP contribution in [0.25, 0.3) is 5.65 Å². The van der Waals surface area contributed by atoms with E-state index < -0.39 is 9.84 Å². The lowest BCUT2D eigenvalue weighted by molar-refractivity contribution is 0.385. The molecule has 0 aromatic carbocycles. The van der Waals surface area contributed by atoms with Gasteiger partial charge in [0, 0.05) is 12.4 Å². The summed E-state index contributed by atoms with van der Waals surface area (Å²) in [5.74, 6) is 0.734. The summed E-state index contributed by atoms with van der Waals surface area (Å²) in [6, 6.07) is 5.70. The Labute approximate surface area is 119 Å². The minimum Gasteiger partial charge on any atom is -0.307 e. The highest BCUT2D eigenvalue weighted by molar-refractivity contribution is 7.90. The van der Waals surface area contributed by atoms with Crippen LogP contribution in [-0.2, 0) is 15.6 Å². The van der Waals surface area contributed by atoms with Gasteiger partial charge in [-0.25, -0.2) is 13.4 Å². The fraction of sp³-hybridized carbons (Fsp3) is 0.533. The van der Waals surface area contributed by atoms with E-state index in [4.69, 9.17) is 0 Å². The first-order chi connectivity index (χ1) is 9.62. The highest BCUT2D eigenvalue weighted by Crippen LogP contribution is 2.25. The highest BCUT2D eigenvalue weighted by Gasteiger charge is 2.22. The third-order valence-corrected chi connectivity index (χ3v) is 5.71. The fourth-order valence-electron chi connectivity index (χ4n) is 3.05. The van der Waals surface area contributed by atoms with E-state index in [-0.39, 0.29) is 5.75 Å². The third kappa shape index (κ3) is 3.20. The molecule has 4 nitrogen and oxygen atoms in total. The zero-order valence-corrected chi connectivity index (χ0v) is 12.3. The minimum atomic E-state index is -3.06. The Morgan fingerprint density at radius 1 is 1.20 bits per heavy atom. The maximum atomic E-state index is 12.3. The first-order valence-corrected chi connectivity index (χ1v) is 9.07. The van der Waals surface area contributed by atoms with Crippen LogP contribution in [0.4, 0.5) is 0 Å². The number of imidazole rings is 1. The first kappa shape index (κ1) is 13.6. The molecule has 1 aliphatic carbocycles. The Hall–Kier alpha value is -1.36. The van der Waals surface area contributed by atoms with Crippen molar-refractivity contribution in [3.8, 4) is 0 Å². The average Bonchev–Trinajstić information content (AvgIpc) is 2.80. The second kappa shape index (κ2) is 5.56. The Morgan fingerprint density at radius 3 is 2.75 bits per heavy atom. The number of aromatic nitrogens is 2. The van der Waals surface area contributed by atoms with Crippen LogP contribution in [0.2, 0.25) is 0 Å². The standard InChI is InChI=1S/C15H20N2O2S/c18-20(19,11-13-6-2-1-3-7-13)12-14-10-17-9-5-4-8-15(17)16-14/h4-5,8-10,13H,1-3,6-7,11-12H2. The van der Waals surface area contributed by atoms with E-state index in [9.17, 15) is 8.42 Å². The van der Waals surface area contributed by atoms with Crippen LogP contribution in [0.5, 0.6) is 0 Å². The Balaban J connectivity index is 1.71. The van der Waals surface area contributed by atoms with E-state index in [1.807, 2.05) is 35.0 Å². The molecule has 0 aliphatic heterocycles. The van der Waals surface area contributed by atoms with E-state index >= 15 is 0 Å². The van der Waals surface area contributed by atoms with E-state index in [0.29, 0.717) is 17.4 Å². The molecule has 1 saturated carbocycles. The van der Waals surface area contributed by atoms with Crippen molar-refractivity contribution in [1.82, 2.24) is 9.38 Å². The van der Waals surface area contributed by atoms with Gasteiger partial charge in [-0.3, -0.25) is 0 Å². The van der Waals surface area contributed by atoms with Crippen LogP contribution in [0.3, 0.4) is 0 Å². The van der Waals surface area contributed by atoms with Crippen molar-refractivity contribution in [2.75, 3.05) is 5.75 Å². The van der Waals surface area contributed by atoms with Crippen LogP contribution in [0, 0.1) is 5.92 Å². The molecule has 0 atom stereocenters. The molecule has 1 fully saturated rings. The number of fused-ring (bicyclic) bond motifs is 1. The number of sulfone groups is 1. The smallest absolute Gasteiger partial charge is 0.156 e. The molecule has 0 radical (unpaired) electrons. The van der Waals surface area contributed by atoms with Gasteiger partial charge in [-0.05, 0) is 30.9 Å². The summed E-state index contributed by atoms with van der Waals surface area (Å²) in [5, 5.41) is 0. The molecule has 2 heterocycles. The van der Waals surface area contributed by atoms with Crippen molar-refractivity contribution in [3.05, 3.63) is 36.3 Å². The van der Waals surface area contributed by atoms with Gasteiger partial charge in [0.15, 0.2) is 9.84 Å². The highest BCUT2D eigenvalue weighted by atomic mass is 32.2. The normalized spacial score (nSPS) is 17.6. The van der Waals surface area contributed by atoms with Crippen LogP contribution in [0.1, 0.15) is 37.8 Å². The Morgan fingerprint density at radius 2 is 2.00 bits per heavy atom. The molecule has 5 heteroatoms. The maximum Gasteiger partial charge on any atom is 0.156 e. The number of rotatable bonds is 4. The summed E-state index contributed by atoms with van der Waals surface area (Å²) in [6.07, 6.45) is 9.42. The number of hydrogen-bond acceptors (Lipinski definition) is 3. The van der Waals surface area contributed by atoms with Gasteiger partial charge in [-0.2, -0.15) is 0 Å². The van der Waals surface area contributed by atoms with Gasteiger partial charge in [0.25, 0.3) is 0 Å². The van der Waals surface area contributed by atoms with Crippen LogP contribution >= 0.6 is 0 Å². The monoisotopic (exact) mass is 292 g/mol.